The fraction of sp³-hybridized carbons (Fsp3) is 0.471. The van der Waals surface area contributed by atoms with Crippen molar-refractivity contribution in [1.82, 2.24) is 9.88 Å². The first-order chi connectivity index (χ1) is 9.60. The maximum absolute atomic E-state index is 11.1. The van der Waals surface area contributed by atoms with Crippen LogP contribution < -0.4 is 0 Å². The highest BCUT2D eigenvalue weighted by atomic mass is 16.3. The molecule has 3 heteroatoms. The fourth-order valence-electron chi connectivity index (χ4n) is 3.16. The molecule has 0 aliphatic carbocycles. The summed E-state index contributed by atoms with van der Waals surface area (Å²) in [5.74, 6) is 0. The summed E-state index contributed by atoms with van der Waals surface area (Å²) in [6, 6.07) is 10.6. The van der Waals surface area contributed by atoms with Gasteiger partial charge in [-0.25, -0.2) is 0 Å². The molecule has 106 valence electrons. The molecule has 0 spiro atoms. The van der Waals surface area contributed by atoms with E-state index in [1.165, 1.54) is 0 Å². The molecular weight excluding hydrogens is 248 g/mol. The number of rotatable bonds is 2. The topological polar surface area (TPSA) is 36.4 Å². The van der Waals surface area contributed by atoms with Crippen LogP contribution in [-0.2, 0) is 5.60 Å². The molecule has 0 atom stereocenters. The van der Waals surface area contributed by atoms with Gasteiger partial charge in [0.15, 0.2) is 0 Å². The second-order valence-electron chi connectivity index (χ2n) is 6.04. The number of pyridine rings is 1. The average molecular weight is 270 g/mol. The van der Waals surface area contributed by atoms with Gasteiger partial charge in [-0.1, -0.05) is 24.3 Å². The van der Waals surface area contributed by atoms with Gasteiger partial charge < -0.3 is 10.0 Å². The fourth-order valence-corrected chi connectivity index (χ4v) is 3.16. The van der Waals surface area contributed by atoms with Gasteiger partial charge >= 0.3 is 0 Å². The SMILES string of the molecule is CC(C)N1CCC(O)(c2cccc3cccnc23)CC1. The Bertz CT molecular complexity index is 595. The first kappa shape index (κ1) is 13.5. The van der Waals surface area contributed by atoms with Crippen LogP contribution in [0.1, 0.15) is 32.3 Å². The minimum absolute atomic E-state index is 0.546. The molecule has 2 heterocycles. The Morgan fingerprint density at radius 1 is 1.15 bits per heavy atom. The number of aliphatic hydroxyl groups is 1. The van der Waals surface area contributed by atoms with E-state index in [9.17, 15) is 5.11 Å². The summed E-state index contributed by atoms with van der Waals surface area (Å²) in [5.41, 5.74) is 1.19. The Morgan fingerprint density at radius 2 is 1.85 bits per heavy atom. The molecule has 1 aliphatic heterocycles. The summed E-state index contributed by atoms with van der Waals surface area (Å²) in [6.45, 7) is 6.31. The van der Waals surface area contributed by atoms with Crippen LogP contribution in [0.15, 0.2) is 36.5 Å². The molecule has 0 bridgehead atoms. The van der Waals surface area contributed by atoms with Crippen LogP contribution >= 0.6 is 0 Å². The summed E-state index contributed by atoms with van der Waals surface area (Å²) >= 11 is 0. The average Bonchev–Trinajstić information content (AvgIpc) is 2.47. The highest BCUT2D eigenvalue weighted by Gasteiger charge is 2.35. The molecule has 0 radical (unpaired) electrons. The van der Waals surface area contributed by atoms with Gasteiger partial charge in [0.25, 0.3) is 0 Å². The first-order valence-electron chi connectivity index (χ1n) is 7.41. The van der Waals surface area contributed by atoms with Crippen molar-refractivity contribution in [2.45, 2.75) is 38.3 Å². The zero-order chi connectivity index (χ0) is 14.2. The molecular formula is C17H22N2O. The van der Waals surface area contributed by atoms with Crippen molar-refractivity contribution >= 4 is 10.9 Å². The van der Waals surface area contributed by atoms with E-state index < -0.39 is 5.60 Å². The third kappa shape index (κ3) is 2.32. The number of aromatic nitrogens is 1. The number of benzene rings is 1. The van der Waals surface area contributed by atoms with Gasteiger partial charge in [0, 0.05) is 36.3 Å². The van der Waals surface area contributed by atoms with Crippen LogP contribution in [0.5, 0.6) is 0 Å². The highest BCUT2D eigenvalue weighted by Crippen LogP contribution is 2.36. The molecule has 0 saturated carbocycles. The van der Waals surface area contributed by atoms with Crippen LogP contribution in [0.2, 0.25) is 0 Å². The maximum atomic E-state index is 11.1. The minimum Gasteiger partial charge on any atom is -0.385 e. The van der Waals surface area contributed by atoms with E-state index in [4.69, 9.17) is 0 Å². The third-order valence-corrected chi connectivity index (χ3v) is 4.49. The lowest BCUT2D eigenvalue weighted by Gasteiger charge is -2.40. The lowest BCUT2D eigenvalue weighted by molar-refractivity contribution is -0.0313. The smallest absolute Gasteiger partial charge is 0.0941 e. The van der Waals surface area contributed by atoms with Gasteiger partial charge in [0.05, 0.1) is 11.1 Å². The number of nitrogens with zero attached hydrogens (tertiary/aromatic N) is 2. The summed E-state index contributed by atoms with van der Waals surface area (Å²) in [4.78, 5) is 6.91. The molecule has 3 nitrogen and oxygen atoms in total. The van der Waals surface area contributed by atoms with E-state index >= 15 is 0 Å². The van der Waals surface area contributed by atoms with Gasteiger partial charge in [0.1, 0.15) is 0 Å². The Morgan fingerprint density at radius 3 is 2.55 bits per heavy atom. The Hall–Kier alpha value is -1.45. The second-order valence-corrected chi connectivity index (χ2v) is 6.04. The zero-order valence-corrected chi connectivity index (χ0v) is 12.2. The third-order valence-electron chi connectivity index (χ3n) is 4.49. The molecule has 1 aromatic carbocycles. The molecule has 20 heavy (non-hydrogen) atoms. The monoisotopic (exact) mass is 270 g/mol. The molecule has 1 N–H and O–H groups in total. The number of piperidine rings is 1. The quantitative estimate of drug-likeness (QED) is 0.911. The molecule has 1 aliphatic rings. The molecule has 2 aromatic rings. The van der Waals surface area contributed by atoms with E-state index in [2.05, 4.69) is 35.9 Å². The Balaban J connectivity index is 1.95. The van der Waals surface area contributed by atoms with Gasteiger partial charge in [0.2, 0.25) is 0 Å². The molecule has 0 amide bonds. The van der Waals surface area contributed by atoms with Crippen LogP contribution in [0.25, 0.3) is 10.9 Å². The standard InChI is InChI=1S/C17H22N2O/c1-13(2)19-11-8-17(20,9-12-19)15-7-3-5-14-6-4-10-18-16(14)15/h3-7,10,13,20H,8-9,11-12H2,1-2H3. The number of para-hydroxylation sites is 1. The number of hydrogen-bond acceptors (Lipinski definition) is 3. The summed E-state index contributed by atoms with van der Waals surface area (Å²) in [5, 5.41) is 12.2. The van der Waals surface area contributed by atoms with Crippen molar-refractivity contribution in [2.75, 3.05) is 13.1 Å². The first-order valence-corrected chi connectivity index (χ1v) is 7.41. The van der Waals surface area contributed by atoms with E-state index in [0.717, 1.165) is 42.4 Å². The van der Waals surface area contributed by atoms with E-state index in [1.54, 1.807) is 6.20 Å². The molecule has 0 unspecified atom stereocenters. The van der Waals surface area contributed by atoms with Gasteiger partial charge in [-0.3, -0.25) is 4.98 Å². The predicted octanol–water partition coefficient (Wildman–Crippen LogP) is 2.93. The predicted molar refractivity (Wildman–Crippen MR) is 81.6 cm³/mol. The van der Waals surface area contributed by atoms with Crippen LogP contribution in [0.4, 0.5) is 0 Å². The van der Waals surface area contributed by atoms with Crippen molar-refractivity contribution in [3.8, 4) is 0 Å². The van der Waals surface area contributed by atoms with Crippen molar-refractivity contribution < 1.29 is 5.11 Å². The van der Waals surface area contributed by atoms with Crippen LogP contribution in [-0.4, -0.2) is 34.1 Å². The molecule has 1 aromatic heterocycles. The number of hydrogen-bond donors (Lipinski definition) is 1. The van der Waals surface area contributed by atoms with E-state index in [0.29, 0.717) is 6.04 Å². The van der Waals surface area contributed by atoms with Crippen molar-refractivity contribution in [1.29, 1.82) is 0 Å². The highest BCUT2D eigenvalue weighted by molar-refractivity contribution is 5.82. The minimum atomic E-state index is -0.737. The van der Waals surface area contributed by atoms with Crippen molar-refractivity contribution in [3.05, 3.63) is 42.1 Å². The normalized spacial score (nSPS) is 19.6. The maximum Gasteiger partial charge on any atom is 0.0941 e. The number of fused-ring (bicyclic) bond motifs is 1. The van der Waals surface area contributed by atoms with Crippen molar-refractivity contribution in [2.24, 2.45) is 0 Å². The van der Waals surface area contributed by atoms with Gasteiger partial charge in [-0.05, 0) is 32.8 Å². The summed E-state index contributed by atoms with van der Waals surface area (Å²) in [7, 11) is 0. The van der Waals surface area contributed by atoms with E-state index in [-0.39, 0.29) is 0 Å². The largest absolute Gasteiger partial charge is 0.385 e. The van der Waals surface area contributed by atoms with Crippen LogP contribution in [0.3, 0.4) is 0 Å². The van der Waals surface area contributed by atoms with Crippen molar-refractivity contribution in [3.63, 3.8) is 0 Å². The Kier molecular flexibility index (Phi) is 3.48. The lowest BCUT2D eigenvalue weighted by Crippen LogP contribution is -2.45. The lowest BCUT2D eigenvalue weighted by atomic mass is 9.83. The van der Waals surface area contributed by atoms with Gasteiger partial charge in [-0.15, -0.1) is 0 Å². The molecule has 3 rings (SSSR count). The molecule has 1 saturated heterocycles. The second kappa shape index (κ2) is 5.15. The Labute approximate surface area is 120 Å². The summed E-state index contributed by atoms with van der Waals surface area (Å²) < 4.78 is 0. The molecule has 1 fully saturated rings. The summed E-state index contributed by atoms with van der Waals surface area (Å²) in [6.07, 6.45) is 3.36. The van der Waals surface area contributed by atoms with Gasteiger partial charge in [-0.2, -0.15) is 0 Å². The van der Waals surface area contributed by atoms with Crippen LogP contribution in [0, 0.1) is 0 Å². The number of likely N-dealkylation sites (tertiary alicyclic amines) is 1. The van der Waals surface area contributed by atoms with E-state index in [1.807, 2.05) is 18.2 Å². The zero-order valence-electron chi connectivity index (χ0n) is 12.2.